The van der Waals surface area contributed by atoms with Crippen LogP contribution in [0, 0.1) is 5.92 Å². The molecule has 5 heteroatoms. The molecule has 0 unspecified atom stereocenters. The summed E-state index contributed by atoms with van der Waals surface area (Å²) in [6.45, 7) is 4.97. The van der Waals surface area contributed by atoms with E-state index in [-0.39, 0.29) is 6.03 Å². The summed E-state index contributed by atoms with van der Waals surface area (Å²) in [7, 11) is 0. The molecule has 1 aromatic heterocycles. The number of hydrogen-bond donors (Lipinski definition) is 2. The highest BCUT2D eigenvalue weighted by molar-refractivity contribution is 7.09. The highest BCUT2D eigenvalue weighted by atomic mass is 32.1. The number of carbonyl (C=O) groups excluding carboxylic acids is 1. The monoisotopic (exact) mass is 281 g/mol. The Labute approximate surface area is 119 Å². The predicted molar refractivity (Wildman–Crippen MR) is 78.5 cm³/mol. The molecule has 2 rings (SSSR count). The van der Waals surface area contributed by atoms with Crippen molar-refractivity contribution < 1.29 is 4.79 Å². The summed E-state index contributed by atoms with van der Waals surface area (Å²) >= 11 is 1.70. The van der Waals surface area contributed by atoms with Gasteiger partial charge in [0.2, 0.25) is 0 Å². The summed E-state index contributed by atoms with van der Waals surface area (Å²) < 4.78 is 0. The third-order valence-corrected chi connectivity index (χ3v) is 4.79. The Bertz CT molecular complexity index is 419. The van der Waals surface area contributed by atoms with E-state index < -0.39 is 0 Å². The van der Waals surface area contributed by atoms with Gasteiger partial charge in [-0.2, -0.15) is 0 Å². The van der Waals surface area contributed by atoms with Crippen LogP contribution in [0.5, 0.6) is 0 Å². The molecule has 1 saturated carbocycles. The number of rotatable bonds is 5. The van der Waals surface area contributed by atoms with Gasteiger partial charge in [0.15, 0.2) is 0 Å². The second kappa shape index (κ2) is 6.89. The van der Waals surface area contributed by atoms with Crippen LogP contribution in [0.2, 0.25) is 0 Å². The van der Waals surface area contributed by atoms with Gasteiger partial charge in [0.1, 0.15) is 0 Å². The molecule has 0 saturated heterocycles. The van der Waals surface area contributed by atoms with E-state index in [1.807, 2.05) is 0 Å². The molecule has 1 aliphatic rings. The molecule has 1 aromatic rings. The molecule has 0 bridgehead atoms. The molecular formula is C14H23N3OS. The van der Waals surface area contributed by atoms with E-state index in [0.717, 1.165) is 25.0 Å². The second-order valence-corrected chi connectivity index (χ2v) is 6.19. The molecule has 2 atom stereocenters. The highest BCUT2D eigenvalue weighted by Crippen LogP contribution is 2.24. The standard InChI is InChI=1S/C14H23N3OS/c1-3-13-16-11(9-19-13)7-8-15-14(18)17-12-6-4-5-10(12)2/h9-10,12H,3-8H2,1-2H3,(H2,15,17,18)/t10-,12-/m1/s1. The molecule has 1 heterocycles. The molecule has 1 fully saturated rings. The summed E-state index contributed by atoms with van der Waals surface area (Å²) in [6, 6.07) is 0.315. The Hall–Kier alpha value is -1.10. The number of carbonyl (C=O) groups is 1. The molecule has 2 N–H and O–H groups in total. The largest absolute Gasteiger partial charge is 0.338 e. The van der Waals surface area contributed by atoms with Crippen molar-refractivity contribution in [2.75, 3.05) is 6.54 Å². The fraction of sp³-hybridized carbons (Fsp3) is 0.714. The molecule has 19 heavy (non-hydrogen) atoms. The van der Waals surface area contributed by atoms with Crippen LogP contribution < -0.4 is 10.6 Å². The molecule has 0 aliphatic heterocycles. The summed E-state index contributed by atoms with van der Waals surface area (Å²) in [4.78, 5) is 16.2. The van der Waals surface area contributed by atoms with Gasteiger partial charge < -0.3 is 10.6 Å². The molecule has 0 spiro atoms. The van der Waals surface area contributed by atoms with Crippen molar-refractivity contribution in [1.82, 2.24) is 15.6 Å². The van der Waals surface area contributed by atoms with Gasteiger partial charge in [-0.05, 0) is 25.2 Å². The Balaban J connectivity index is 1.66. The topological polar surface area (TPSA) is 54.0 Å². The van der Waals surface area contributed by atoms with Crippen LogP contribution in [0.15, 0.2) is 5.38 Å². The van der Waals surface area contributed by atoms with Gasteiger partial charge in [0.05, 0.1) is 10.7 Å². The number of nitrogens with zero attached hydrogens (tertiary/aromatic N) is 1. The van der Waals surface area contributed by atoms with Crippen LogP contribution in [0.4, 0.5) is 4.79 Å². The normalized spacial score (nSPS) is 22.4. The van der Waals surface area contributed by atoms with Crippen molar-refractivity contribution in [2.45, 2.75) is 52.0 Å². The van der Waals surface area contributed by atoms with Crippen LogP contribution in [0.25, 0.3) is 0 Å². The van der Waals surface area contributed by atoms with E-state index in [1.165, 1.54) is 17.8 Å². The number of urea groups is 1. The van der Waals surface area contributed by atoms with Gasteiger partial charge in [-0.15, -0.1) is 11.3 Å². The third-order valence-electron chi connectivity index (χ3n) is 3.75. The number of aromatic nitrogens is 1. The quantitative estimate of drug-likeness (QED) is 0.872. The first-order valence-electron chi connectivity index (χ1n) is 7.16. The lowest BCUT2D eigenvalue weighted by Crippen LogP contribution is -2.43. The second-order valence-electron chi connectivity index (χ2n) is 5.25. The molecular weight excluding hydrogens is 258 g/mol. The Morgan fingerprint density at radius 1 is 1.53 bits per heavy atom. The fourth-order valence-corrected chi connectivity index (χ4v) is 3.29. The van der Waals surface area contributed by atoms with E-state index in [9.17, 15) is 4.79 Å². The van der Waals surface area contributed by atoms with Gasteiger partial charge in [0, 0.05) is 24.4 Å². The van der Waals surface area contributed by atoms with Crippen molar-refractivity contribution in [1.29, 1.82) is 0 Å². The number of aryl methyl sites for hydroxylation is 1. The van der Waals surface area contributed by atoms with Gasteiger partial charge in [0.25, 0.3) is 0 Å². The van der Waals surface area contributed by atoms with Crippen LogP contribution in [0.1, 0.15) is 43.8 Å². The lowest BCUT2D eigenvalue weighted by Gasteiger charge is -2.17. The van der Waals surface area contributed by atoms with Crippen LogP contribution in [-0.2, 0) is 12.8 Å². The van der Waals surface area contributed by atoms with Crippen molar-refractivity contribution in [3.05, 3.63) is 16.1 Å². The zero-order valence-corrected chi connectivity index (χ0v) is 12.6. The van der Waals surface area contributed by atoms with Crippen LogP contribution in [0.3, 0.4) is 0 Å². The molecule has 2 amide bonds. The minimum absolute atomic E-state index is 0.0373. The van der Waals surface area contributed by atoms with E-state index in [4.69, 9.17) is 0 Å². The summed E-state index contributed by atoms with van der Waals surface area (Å²) in [5, 5.41) is 9.23. The number of hydrogen-bond acceptors (Lipinski definition) is 3. The number of thiazole rings is 1. The van der Waals surface area contributed by atoms with Gasteiger partial charge in [-0.25, -0.2) is 9.78 Å². The lowest BCUT2D eigenvalue weighted by atomic mass is 10.1. The Morgan fingerprint density at radius 3 is 3.00 bits per heavy atom. The van der Waals surface area contributed by atoms with E-state index in [1.54, 1.807) is 11.3 Å². The van der Waals surface area contributed by atoms with E-state index >= 15 is 0 Å². The SMILES string of the molecule is CCc1nc(CCNC(=O)N[C@@H]2CCC[C@H]2C)cs1. The van der Waals surface area contributed by atoms with Crippen molar-refractivity contribution >= 4 is 17.4 Å². The van der Waals surface area contributed by atoms with Crippen LogP contribution >= 0.6 is 11.3 Å². The zero-order chi connectivity index (χ0) is 13.7. The smallest absolute Gasteiger partial charge is 0.315 e. The Morgan fingerprint density at radius 2 is 2.37 bits per heavy atom. The first-order valence-corrected chi connectivity index (χ1v) is 8.04. The van der Waals surface area contributed by atoms with E-state index in [0.29, 0.717) is 18.5 Å². The molecule has 0 radical (unpaired) electrons. The minimum atomic E-state index is -0.0373. The van der Waals surface area contributed by atoms with Gasteiger partial charge in [-0.1, -0.05) is 20.3 Å². The fourth-order valence-electron chi connectivity index (χ4n) is 2.51. The summed E-state index contributed by atoms with van der Waals surface area (Å²) in [6.07, 6.45) is 5.36. The van der Waals surface area contributed by atoms with Gasteiger partial charge >= 0.3 is 6.03 Å². The van der Waals surface area contributed by atoms with Gasteiger partial charge in [-0.3, -0.25) is 0 Å². The van der Waals surface area contributed by atoms with Crippen molar-refractivity contribution in [3.63, 3.8) is 0 Å². The molecule has 4 nitrogen and oxygen atoms in total. The predicted octanol–water partition coefficient (Wildman–Crippen LogP) is 2.74. The maximum Gasteiger partial charge on any atom is 0.315 e. The number of nitrogens with one attached hydrogen (secondary N) is 2. The molecule has 0 aromatic carbocycles. The zero-order valence-electron chi connectivity index (χ0n) is 11.7. The highest BCUT2D eigenvalue weighted by Gasteiger charge is 2.24. The summed E-state index contributed by atoms with van der Waals surface area (Å²) in [5.74, 6) is 0.608. The van der Waals surface area contributed by atoms with Crippen molar-refractivity contribution in [3.8, 4) is 0 Å². The van der Waals surface area contributed by atoms with Crippen LogP contribution in [-0.4, -0.2) is 23.6 Å². The average molecular weight is 281 g/mol. The first-order chi connectivity index (χ1) is 9.19. The number of amides is 2. The minimum Gasteiger partial charge on any atom is -0.338 e. The average Bonchev–Trinajstić information content (AvgIpc) is 2.99. The maximum atomic E-state index is 11.8. The summed E-state index contributed by atoms with van der Waals surface area (Å²) in [5.41, 5.74) is 1.08. The maximum absolute atomic E-state index is 11.8. The first kappa shape index (κ1) is 14.3. The molecule has 106 valence electrons. The lowest BCUT2D eigenvalue weighted by molar-refractivity contribution is 0.234. The third kappa shape index (κ3) is 4.20. The Kier molecular flexibility index (Phi) is 5.19. The van der Waals surface area contributed by atoms with Crippen molar-refractivity contribution in [2.24, 2.45) is 5.92 Å². The molecule has 1 aliphatic carbocycles. The van der Waals surface area contributed by atoms with E-state index in [2.05, 4.69) is 34.8 Å².